The van der Waals surface area contributed by atoms with Gasteiger partial charge in [0.2, 0.25) is 0 Å². The number of hydrogen-bond acceptors (Lipinski definition) is 5. The lowest BCUT2D eigenvalue weighted by Crippen LogP contribution is -2.39. The van der Waals surface area contributed by atoms with Crippen LogP contribution in [-0.2, 0) is 0 Å². The van der Waals surface area contributed by atoms with E-state index in [2.05, 4.69) is 0 Å². The summed E-state index contributed by atoms with van der Waals surface area (Å²) in [6.07, 6.45) is 0. The highest BCUT2D eigenvalue weighted by molar-refractivity contribution is 5.95. The van der Waals surface area contributed by atoms with Crippen LogP contribution in [0.15, 0.2) is 48.5 Å². The van der Waals surface area contributed by atoms with Gasteiger partial charge in [-0.1, -0.05) is 18.2 Å². The molecule has 27 heavy (non-hydrogen) atoms. The second-order valence-corrected chi connectivity index (χ2v) is 6.11. The van der Waals surface area contributed by atoms with Crippen molar-refractivity contribution in [3.8, 4) is 17.2 Å². The van der Waals surface area contributed by atoms with E-state index in [9.17, 15) is 4.79 Å². The minimum Gasteiger partial charge on any atom is -0.490 e. The molecule has 0 spiro atoms. The molecule has 0 heterocycles. The van der Waals surface area contributed by atoms with E-state index in [0.29, 0.717) is 43.4 Å². The Morgan fingerprint density at radius 2 is 1.74 bits per heavy atom. The molecule has 2 N–H and O–H groups in total. The largest absolute Gasteiger partial charge is 0.490 e. The molecule has 0 aliphatic carbocycles. The highest BCUT2D eigenvalue weighted by atomic mass is 16.5. The van der Waals surface area contributed by atoms with Gasteiger partial charge in [0.25, 0.3) is 5.91 Å². The molecule has 1 unspecified atom stereocenters. The Labute approximate surface area is 160 Å². The van der Waals surface area contributed by atoms with Gasteiger partial charge in [-0.05, 0) is 44.2 Å². The number of carbonyl (C=O) groups is 1. The van der Waals surface area contributed by atoms with Crippen molar-refractivity contribution in [2.45, 2.75) is 19.9 Å². The third-order valence-electron chi connectivity index (χ3n) is 4.17. The predicted octanol–water partition coefficient (Wildman–Crippen LogP) is 2.96. The van der Waals surface area contributed by atoms with Gasteiger partial charge in [-0.3, -0.25) is 4.79 Å². The molecule has 146 valence electrons. The van der Waals surface area contributed by atoms with Gasteiger partial charge in [-0.2, -0.15) is 0 Å². The number of carbonyl (C=O) groups excluding carboxylic acids is 1. The molecule has 2 rings (SSSR count). The zero-order valence-corrected chi connectivity index (χ0v) is 16.2. The van der Waals surface area contributed by atoms with Crippen molar-refractivity contribution in [2.24, 2.45) is 5.73 Å². The Kier molecular flexibility index (Phi) is 7.95. The second kappa shape index (κ2) is 10.4. The molecule has 6 nitrogen and oxygen atoms in total. The maximum Gasteiger partial charge on any atom is 0.254 e. The molecule has 0 saturated heterocycles. The zero-order valence-electron chi connectivity index (χ0n) is 16.2. The van der Waals surface area contributed by atoms with Crippen LogP contribution in [0.3, 0.4) is 0 Å². The molecule has 0 bridgehead atoms. The Morgan fingerprint density at radius 1 is 1.04 bits per heavy atom. The number of nitrogens with two attached hydrogens (primary N) is 1. The maximum atomic E-state index is 12.6. The van der Waals surface area contributed by atoms with Gasteiger partial charge < -0.3 is 24.8 Å². The molecule has 0 saturated carbocycles. The van der Waals surface area contributed by atoms with Crippen molar-refractivity contribution in [2.75, 3.05) is 33.4 Å². The van der Waals surface area contributed by atoms with Crippen LogP contribution < -0.4 is 19.9 Å². The molecular weight excluding hydrogens is 344 g/mol. The van der Waals surface area contributed by atoms with E-state index in [-0.39, 0.29) is 11.9 Å². The lowest BCUT2D eigenvalue weighted by atomic mass is 10.1. The summed E-state index contributed by atoms with van der Waals surface area (Å²) in [5.41, 5.74) is 6.19. The van der Waals surface area contributed by atoms with E-state index < -0.39 is 0 Å². The minimum atomic E-state index is -0.104. The smallest absolute Gasteiger partial charge is 0.254 e. The molecule has 6 heteroatoms. The standard InChI is InChI=1S/C21H28N2O4/c1-4-25-20-14-17(21(24)23(3)16(2)15-22)10-11-19(20)27-13-12-26-18-8-6-5-7-9-18/h5-11,14,16H,4,12-13,15,22H2,1-3H3. The van der Waals surface area contributed by atoms with Crippen molar-refractivity contribution in [3.05, 3.63) is 54.1 Å². The van der Waals surface area contributed by atoms with E-state index in [4.69, 9.17) is 19.9 Å². The number of hydrogen-bond donors (Lipinski definition) is 1. The second-order valence-electron chi connectivity index (χ2n) is 6.11. The summed E-state index contributed by atoms with van der Waals surface area (Å²) >= 11 is 0. The van der Waals surface area contributed by atoms with Crippen molar-refractivity contribution < 1.29 is 19.0 Å². The van der Waals surface area contributed by atoms with Crippen molar-refractivity contribution >= 4 is 5.91 Å². The van der Waals surface area contributed by atoms with Crippen molar-refractivity contribution in [1.82, 2.24) is 4.90 Å². The lowest BCUT2D eigenvalue weighted by Gasteiger charge is -2.24. The molecule has 1 atom stereocenters. The fourth-order valence-electron chi connectivity index (χ4n) is 2.42. The van der Waals surface area contributed by atoms with Gasteiger partial charge in [0.05, 0.1) is 6.61 Å². The van der Waals surface area contributed by atoms with E-state index in [0.717, 1.165) is 5.75 Å². The third kappa shape index (κ3) is 5.89. The van der Waals surface area contributed by atoms with E-state index in [1.165, 1.54) is 0 Å². The van der Waals surface area contributed by atoms with Crippen molar-refractivity contribution in [1.29, 1.82) is 0 Å². The van der Waals surface area contributed by atoms with Crippen LogP contribution in [0.5, 0.6) is 17.2 Å². The van der Waals surface area contributed by atoms with Crippen LogP contribution in [0.1, 0.15) is 24.2 Å². The lowest BCUT2D eigenvalue weighted by molar-refractivity contribution is 0.0747. The molecule has 2 aromatic carbocycles. The van der Waals surface area contributed by atoms with Crippen LogP contribution in [0.4, 0.5) is 0 Å². The number of rotatable bonds is 10. The monoisotopic (exact) mass is 372 g/mol. The van der Waals surface area contributed by atoms with E-state index in [1.807, 2.05) is 44.2 Å². The first-order chi connectivity index (χ1) is 13.1. The average molecular weight is 372 g/mol. The zero-order chi connectivity index (χ0) is 19.6. The van der Waals surface area contributed by atoms with Gasteiger partial charge in [-0.25, -0.2) is 0 Å². The summed E-state index contributed by atoms with van der Waals surface area (Å²) in [6.45, 7) is 5.46. The number of para-hydroxylation sites is 1. The predicted molar refractivity (Wildman–Crippen MR) is 106 cm³/mol. The summed E-state index contributed by atoms with van der Waals surface area (Å²) in [5.74, 6) is 1.81. The van der Waals surface area contributed by atoms with Gasteiger partial charge in [0.1, 0.15) is 19.0 Å². The quantitative estimate of drug-likeness (QED) is 0.649. The fourth-order valence-corrected chi connectivity index (χ4v) is 2.42. The van der Waals surface area contributed by atoms with Gasteiger partial charge in [0, 0.05) is 25.2 Å². The normalized spacial score (nSPS) is 11.6. The molecule has 2 aromatic rings. The van der Waals surface area contributed by atoms with Gasteiger partial charge in [0.15, 0.2) is 11.5 Å². The minimum absolute atomic E-state index is 0.0425. The third-order valence-corrected chi connectivity index (χ3v) is 4.17. The van der Waals surface area contributed by atoms with Gasteiger partial charge in [-0.15, -0.1) is 0 Å². The Bertz CT molecular complexity index is 721. The molecule has 0 radical (unpaired) electrons. The number of benzene rings is 2. The first-order valence-corrected chi connectivity index (χ1v) is 9.11. The SMILES string of the molecule is CCOc1cc(C(=O)N(C)C(C)CN)ccc1OCCOc1ccccc1. The number of likely N-dealkylation sites (N-methyl/N-ethyl adjacent to an activating group) is 1. The average Bonchev–Trinajstić information content (AvgIpc) is 2.71. The molecule has 0 aromatic heterocycles. The summed E-state index contributed by atoms with van der Waals surface area (Å²) in [4.78, 5) is 14.2. The molecule has 0 aliphatic heterocycles. The van der Waals surface area contributed by atoms with Crippen LogP contribution in [0, 0.1) is 0 Å². The van der Waals surface area contributed by atoms with Crippen LogP contribution in [0.25, 0.3) is 0 Å². The summed E-state index contributed by atoms with van der Waals surface area (Å²) < 4.78 is 17.1. The highest BCUT2D eigenvalue weighted by Crippen LogP contribution is 2.29. The van der Waals surface area contributed by atoms with E-state index in [1.54, 1.807) is 30.1 Å². The fraction of sp³-hybridized carbons (Fsp3) is 0.381. The Balaban J connectivity index is 2.00. The van der Waals surface area contributed by atoms with E-state index >= 15 is 0 Å². The molecule has 1 amide bonds. The van der Waals surface area contributed by atoms with Gasteiger partial charge >= 0.3 is 0 Å². The van der Waals surface area contributed by atoms with Crippen LogP contribution in [0.2, 0.25) is 0 Å². The molecular formula is C21H28N2O4. The molecule has 0 aliphatic rings. The summed E-state index contributed by atoms with van der Waals surface area (Å²) in [5, 5.41) is 0. The number of nitrogens with zero attached hydrogens (tertiary/aromatic N) is 1. The maximum absolute atomic E-state index is 12.6. The first kappa shape index (κ1) is 20.6. The Hall–Kier alpha value is -2.73. The first-order valence-electron chi connectivity index (χ1n) is 9.11. The summed E-state index contributed by atoms with van der Waals surface area (Å²) in [6, 6.07) is 14.7. The topological polar surface area (TPSA) is 74.0 Å². The van der Waals surface area contributed by atoms with Crippen LogP contribution in [-0.4, -0.2) is 50.3 Å². The Morgan fingerprint density at radius 3 is 2.41 bits per heavy atom. The van der Waals surface area contributed by atoms with Crippen LogP contribution >= 0.6 is 0 Å². The number of ether oxygens (including phenoxy) is 3. The number of amides is 1. The molecule has 0 fully saturated rings. The summed E-state index contributed by atoms with van der Waals surface area (Å²) in [7, 11) is 1.74. The highest BCUT2D eigenvalue weighted by Gasteiger charge is 2.18. The van der Waals surface area contributed by atoms with Crippen molar-refractivity contribution in [3.63, 3.8) is 0 Å².